The lowest BCUT2D eigenvalue weighted by molar-refractivity contribution is 0.102. The third-order valence-electron chi connectivity index (χ3n) is 3.13. The maximum Gasteiger partial charge on any atom is 0.274 e. The number of anilines is 1. The summed E-state index contributed by atoms with van der Waals surface area (Å²) >= 11 is 0. The first-order chi connectivity index (χ1) is 9.60. The summed E-state index contributed by atoms with van der Waals surface area (Å²) in [5.74, 6) is 0.260. The van der Waals surface area contributed by atoms with Crippen LogP contribution in [-0.2, 0) is 6.54 Å². The molecule has 0 bridgehead atoms. The lowest BCUT2D eigenvalue weighted by Crippen LogP contribution is -2.14. The molecule has 1 aromatic carbocycles. The first kappa shape index (κ1) is 14.2. The molecule has 0 radical (unpaired) electrons. The van der Waals surface area contributed by atoms with Gasteiger partial charge in [-0.05, 0) is 35.2 Å². The molecule has 1 amide bonds. The fourth-order valence-electron chi connectivity index (χ4n) is 1.83. The van der Waals surface area contributed by atoms with Gasteiger partial charge in [-0.15, -0.1) is 0 Å². The molecule has 0 saturated heterocycles. The minimum Gasteiger partial charge on any atom is -0.326 e. The van der Waals surface area contributed by atoms with Crippen molar-refractivity contribution in [3.8, 4) is 0 Å². The third-order valence-corrected chi connectivity index (χ3v) is 3.13. The van der Waals surface area contributed by atoms with Gasteiger partial charge in [0.1, 0.15) is 5.69 Å². The molecular formula is C16H19N3O. The Morgan fingerprint density at radius 1 is 1.20 bits per heavy atom. The lowest BCUT2D eigenvalue weighted by atomic mass is 10.0. The molecule has 3 N–H and O–H groups in total. The highest BCUT2D eigenvalue weighted by Gasteiger charge is 2.07. The van der Waals surface area contributed by atoms with Gasteiger partial charge < -0.3 is 11.1 Å². The van der Waals surface area contributed by atoms with Crippen LogP contribution in [0.15, 0.2) is 42.6 Å². The van der Waals surface area contributed by atoms with Crippen LogP contribution in [0.1, 0.15) is 41.4 Å². The van der Waals surface area contributed by atoms with Crippen molar-refractivity contribution in [3.05, 3.63) is 59.4 Å². The van der Waals surface area contributed by atoms with Crippen LogP contribution in [0.3, 0.4) is 0 Å². The van der Waals surface area contributed by atoms with E-state index in [2.05, 4.69) is 24.1 Å². The van der Waals surface area contributed by atoms with Gasteiger partial charge >= 0.3 is 0 Å². The molecule has 0 atom stereocenters. The van der Waals surface area contributed by atoms with Gasteiger partial charge in [0.25, 0.3) is 5.91 Å². The maximum absolute atomic E-state index is 12.0. The molecule has 4 nitrogen and oxygen atoms in total. The number of benzene rings is 1. The molecule has 1 heterocycles. The van der Waals surface area contributed by atoms with E-state index in [1.807, 2.05) is 30.3 Å². The molecule has 0 aliphatic rings. The molecule has 0 fully saturated rings. The van der Waals surface area contributed by atoms with Gasteiger partial charge in [0.15, 0.2) is 0 Å². The van der Waals surface area contributed by atoms with Crippen molar-refractivity contribution in [1.29, 1.82) is 0 Å². The van der Waals surface area contributed by atoms with Gasteiger partial charge in [-0.1, -0.05) is 32.0 Å². The Bertz CT molecular complexity index is 574. The molecule has 0 saturated carbocycles. The van der Waals surface area contributed by atoms with Crippen LogP contribution in [0.25, 0.3) is 0 Å². The highest BCUT2D eigenvalue weighted by atomic mass is 16.1. The Balaban J connectivity index is 2.06. The second kappa shape index (κ2) is 6.30. The Hall–Kier alpha value is -2.20. The van der Waals surface area contributed by atoms with Gasteiger partial charge in [0.2, 0.25) is 0 Å². The zero-order valence-electron chi connectivity index (χ0n) is 11.8. The van der Waals surface area contributed by atoms with Crippen molar-refractivity contribution in [2.24, 2.45) is 5.73 Å². The number of nitrogens with two attached hydrogens (primary N) is 1. The summed E-state index contributed by atoms with van der Waals surface area (Å²) in [6.07, 6.45) is 1.62. The molecule has 0 spiro atoms. The number of hydrogen-bond acceptors (Lipinski definition) is 3. The molecular weight excluding hydrogens is 250 g/mol. The summed E-state index contributed by atoms with van der Waals surface area (Å²) in [6.45, 7) is 4.69. The van der Waals surface area contributed by atoms with Crippen molar-refractivity contribution in [3.63, 3.8) is 0 Å². The van der Waals surface area contributed by atoms with Crippen LogP contribution >= 0.6 is 0 Å². The van der Waals surface area contributed by atoms with E-state index >= 15 is 0 Å². The summed E-state index contributed by atoms with van der Waals surface area (Å²) in [4.78, 5) is 16.1. The van der Waals surface area contributed by atoms with Gasteiger partial charge in [0, 0.05) is 18.4 Å². The molecule has 0 unspecified atom stereocenters. The molecule has 2 rings (SSSR count). The number of pyridine rings is 1. The SMILES string of the molecule is CC(C)c1ccc(NC(=O)c2ccc(CN)cn2)cc1. The van der Waals surface area contributed by atoms with Crippen LogP contribution in [0, 0.1) is 0 Å². The minimum absolute atomic E-state index is 0.217. The molecule has 4 heteroatoms. The number of nitrogens with zero attached hydrogens (tertiary/aromatic N) is 1. The fourth-order valence-corrected chi connectivity index (χ4v) is 1.83. The summed E-state index contributed by atoms with van der Waals surface area (Å²) in [6, 6.07) is 11.3. The molecule has 20 heavy (non-hydrogen) atoms. The molecule has 0 aliphatic heterocycles. The van der Waals surface area contributed by atoms with Crippen molar-refractivity contribution in [1.82, 2.24) is 4.98 Å². The first-order valence-corrected chi connectivity index (χ1v) is 6.66. The van der Waals surface area contributed by atoms with Crippen molar-refractivity contribution in [2.45, 2.75) is 26.3 Å². The van der Waals surface area contributed by atoms with Crippen molar-refractivity contribution >= 4 is 11.6 Å². The van der Waals surface area contributed by atoms with Gasteiger partial charge in [-0.25, -0.2) is 0 Å². The summed E-state index contributed by atoms with van der Waals surface area (Å²) < 4.78 is 0. The van der Waals surface area contributed by atoms with Crippen LogP contribution < -0.4 is 11.1 Å². The molecule has 0 aliphatic carbocycles. The average molecular weight is 269 g/mol. The summed E-state index contributed by atoms with van der Waals surface area (Å²) in [5.41, 5.74) is 8.80. The minimum atomic E-state index is -0.217. The number of hydrogen-bond donors (Lipinski definition) is 2. The van der Waals surface area contributed by atoms with E-state index in [-0.39, 0.29) is 5.91 Å². The Labute approximate surface area is 119 Å². The van der Waals surface area contributed by atoms with E-state index in [0.29, 0.717) is 18.2 Å². The van der Waals surface area contributed by atoms with Crippen molar-refractivity contribution < 1.29 is 4.79 Å². The number of rotatable bonds is 4. The monoisotopic (exact) mass is 269 g/mol. The molecule has 104 valence electrons. The zero-order valence-corrected chi connectivity index (χ0v) is 11.8. The van der Waals surface area contributed by atoms with E-state index in [0.717, 1.165) is 11.3 Å². The van der Waals surface area contributed by atoms with Gasteiger partial charge in [0.05, 0.1) is 0 Å². The smallest absolute Gasteiger partial charge is 0.274 e. The topological polar surface area (TPSA) is 68.0 Å². The first-order valence-electron chi connectivity index (χ1n) is 6.66. The average Bonchev–Trinajstić information content (AvgIpc) is 2.48. The van der Waals surface area contributed by atoms with Gasteiger partial charge in [-0.3, -0.25) is 9.78 Å². The van der Waals surface area contributed by atoms with Crippen LogP contribution in [0.2, 0.25) is 0 Å². The Morgan fingerprint density at radius 2 is 1.90 bits per heavy atom. The quantitative estimate of drug-likeness (QED) is 0.896. The molecule has 1 aromatic heterocycles. The van der Waals surface area contributed by atoms with E-state index in [1.165, 1.54) is 5.56 Å². The van der Waals surface area contributed by atoms with Crippen LogP contribution in [-0.4, -0.2) is 10.9 Å². The largest absolute Gasteiger partial charge is 0.326 e. The van der Waals surface area contributed by atoms with E-state index in [1.54, 1.807) is 12.3 Å². The third kappa shape index (κ3) is 3.42. The second-order valence-electron chi connectivity index (χ2n) is 4.99. The number of aromatic nitrogens is 1. The van der Waals surface area contributed by atoms with E-state index in [4.69, 9.17) is 5.73 Å². The van der Waals surface area contributed by atoms with Gasteiger partial charge in [-0.2, -0.15) is 0 Å². The lowest BCUT2D eigenvalue weighted by Gasteiger charge is -2.08. The second-order valence-corrected chi connectivity index (χ2v) is 4.99. The normalized spacial score (nSPS) is 10.6. The summed E-state index contributed by atoms with van der Waals surface area (Å²) in [5, 5.41) is 2.83. The highest BCUT2D eigenvalue weighted by Crippen LogP contribution is 2.17. The summed E-state index contributed by atoms with van der Waals surface area (Å²) in [7, 11) is 0. The molecule has 2 aromatic rings. The Morgan fingerprint density at radius 3 is 2.40 bits per heavy atom. The van der Waals surface area contributed by atoms with Crippen molar-refractivity contribution in [2.75, 3.05) is 5.32 Å². The standard InChI is InChI=1S/C16H19N3O/c1-11(2)13-4-6-14(7-5-13)19-16(20)15-8-3-12(9-17)10-18-15/h3-8,10-11H,9,17H2,1-2H3,(H,19,20). The highest BCUT2D eigenvalue weighted by molar-refractivity contribution is 6.02. The predicted molar refractivity (Wildman–Crippen MR) is 80.6 cm³/mol. The number of carbonyl (C=O) groups is 1. The van der Waals surface area contributed by atoms with Crippen LogP contribution in [0.4, 0.5) is 5.69 Å². The predicted octanol–water partition coefficient (Wildman–Crippen LogP) is 2.92. The van der Waals surface area contributed by atoms with E-state index < -0.39 is 0 Å². The van der Waals surface area contributed by atoms with E-state index in [9.17, 15) is 4.79 Å². The number of amides is 1. The Kier molecular flexibility index (Phi) is 4.48. The number of nitrogens with one attached hydrogen (secondary N) is 1. The number of carbonyl (C=O) groups excluding carboxylic acids is 1. The maximum atomic E-state index is 12.0. The van der Waals surface area contributed by atoms with Crippen LogP contribution in [0.5, 0.6) is 0 Å². The zero-order chi connectivity index (χ0) is 14.5. The fraction of sp³-hybridized carbons (Fsp3) is 0.250.